The fourth-order valence-corrected chi connectivity index (χ4v) is 1.58. The van der Waals surface area contributed by atoms with E-state index < -0.39 is 0 Å². The molecule has 0 amide bonds. The van der Waals surface area contributed by atoms with Crippen LogP contribution in [0.4, 0.5) is 0 Å². The zero-order chi connectivity index (χ0) is 8.39. The lowest BCUT2D eigenvalue weighted by Gasteiger charge is -2.03. The molecule has 1 fully saturated rings. The molecule has 1 atom stereocenters. The Hall–Kier alpha value is -0.870. The number of hydrogen-bond donors (Lipinski definition) is 3. The molecule has 0 aromatic carbocycles. The molecule has 1 aromatic rings. The van der Waals surface area contributed by atoms with Crippen molar-refractivity contribution in [2.75, 3.05) is 6.54 Å². The Balaban J connectivity index is 2.11. The Morgan fingerprint density at radius 2 is 2.58 bits per heavy atom. The van der Waals surface area contributed by atoms with Crippen LogP contribution in [0.3, 0.4) is 0 Å². The van der Waals surface area contributed by atoms with E-state index in [4.69, 9.17) is 5.11 Å². The van der Waals surface area contributed by atoms with Gasteiger partial charge in [-0.05, 0) is 25.5 Å². The van der Waals surface area contributed by atoms with Gasteiger partial charge in [0.1, 0.15) is 0 Å². The molecule has 0 spiro atoms. The zero-order valence-corrected chi connectivity index (χ0v) is 6.88. The molecule has 66 valence electrons. The normalized spacial score (nSPS) is 23.2. The first-order valence-electron chi connectivity index (χ1n) is 4.28. The van der Waals surface area contributed by atoms with Crippen LogP contribution < -0.4 is 5.32 Å². The van der Waals surface area contributed by atoms with Crippen LogP contribution >= 0.6 is 0 Å². The average Bonchev–Trinajstić information content (AvgIpc) is 2.75. The van der Waals surface area contributed by atoms with E-state index in [1.165, 1.54) is 6.42 Å². The van der Waals surface area contributed by atoms with Crippen molar-refractivity contribution in [3.8, 4) is 0 Å². The molecule has 0 bridgehead atoms. The minimum absolute atomic E-state index is 0.0414. The maximum absolute atomic E-state index is 8.80. The average molecular weight is 167 g/mol. The maximum atomic E-state index is 8.80. The number of aliphatic hydroxyl groups is 1. The molecule has 3 N–H and O–H groups in total. The van der Waals surface area contributed by atoms with Crippen molar-refractivity contribution in [3.63, 3.8) is 0 Å². The highest BCUT2D eigenvalue weighted by molar-refractivity contribution is 5.12. The van der Waals surface area contributed by atoms with Crippen molar-refractivity contribution in [1.29, 1.82) is 0 Å². The summed E-state index contributed by atoms with van der Waals surface area (Å²) in [5.41, 5.74) is 1.82. The first-order valence-corrected chi connectivity index (χ1v) is 4.28. The third-order valence-corrected chi connectivity index (χ3v) is 2.24. The minimum atomic E-state index is 0.0414. The van der Waals surface area contributed by atoms with Gasteiger partial charge >= 0.3 is 0 Å². The second-order valence-corrected chi connectivity index (χ2v) is 3.13. The predicted molar refractivity (Wildman–Crippen MR) is 44.5 cm³/mol. The minimum Gasteiger partial charge on any atom is -0.390 e. The molecular weight excluding hydrogens is 154 g/mol. The summed E-state index contributed by atoms with van der Waals surface area (Å²) < 4.78 is 0. The van der Waals surface area contributed by atoms with Gasteiger partial charge in [-0.1, -0.05) is 0 Å². The first-order chi connectivity index (χ1) is 5.90. The van der Waals surface area contributed by atoms with Gasteiger partial charge in [0.05, 0.1) is 24.0 Å². The monoisotopic (exact) mass is 167 g/mol. The van der Waals surface area contributed by atoms with Crippen LogP contribution in [0.1, 0.15) is 30.3 Å². The van der Waals surface area contributed by atoms with E-state index in [2.05, 4.69) is 15.5 Å². The molecule has 1 aliphatic rings. The lowest BCUT2D eigenvalue weighted by Crippen LogP contribution is -2.12. The second kappa shape index (κ2) is 3.25. The van der Waals surface area contributed by atoms with Crippen molar-refractivity contribution < 1.29 is 5.11 Å². The summed E-state index contributed by atoms with van der Waals surface area (Å²) >= 11 is 0. The molecule has 0 radical (unpaired) electrons. The molecule has 0 saturated carbocycles. The van der Waals surface area contributed by atoms with E-state index in [1.54, 1.807) is 0 Å². The van der Waals surface area contributed by atoms with E-state index in [1.807, 2.05) is 6.07 Å². The van der Waals surface area contributed by atoms with Gasteiger partial charge in [0, 0.05) is 0 Å². The maximum Gasteiger partial charge on any atom is 0.0847 e. The summed E-state index contributed by atoms with van der Waals surface area (Å²) in [6.07, 6.45) is 2.36. The van der Waals surface area contributed by atoms with Crippen molar-refractivity contribution >= 4 is 0 Å². The van der Waals surface area contributed by atoms with Crippen molar-refractivity contribution in [1.82, 2.24) is 15.5 Å². The number of nitrogens with one attached hydrogen (secondary N) is 2. The largest absolute Gasteiger partial charge is 0.390 e. The van der Waals surface area contributed by atoms with Gasteiger partial charge in [0.2, 0.25) is 0 Å². The summed E-state index contributed by atoms with van der Waals surface area (Å²) in [5.74, 6) is 0. The molecular formula is C8H13N3O. The number of aliphatic hydroxyl groups excluding tert-OH is 1. The molecule has 4 nitrogen and oxygen atoms in total. The molecule has 4 heteroatoms. The highest BCUT2D eigenvalue weighted by atomic mass is 16.3. The highest BCUT2D eigenvalue weighted by Gasteiger charge is 2.18. The van der Waals surface area contributed by atoms with Crippen LogP contribution in [-0.4, -0.2) is 21.8 Å². The molecule has 1 saturated heterocycles. The summed E-state index contributed by atoms with van der Waals surface area (Å²) in [5, 5.41) is 19.1. The summed E-state index contributed by atoms with van der Waals surface area (Å²) in [6.45, 7) is 1.12. The van der Waals surface area contributed by atoms with E-state index in [0.717, 1.165) is 24.4 Å². The van der Waals surface area contributed by atoms with Crippen LogP contribution in [0.2, 0.25) is 0 Å². The van der Waals surface area contributed by atoms with Gasteiger partial charge in [-0.2, -0.15) is 5.10 Å². The summed E-state index contributed by atoms with van der Waals surface area (Å²) in [4.78, 5) is 0. The van der Waals surface area contributed by atoms with E-state index in [0.29, 0.717) is 6.04 Å². The number of rotatable bonds is 2. The number of aromatic nitrogens is 2. The van der Waals surface area contributed by atoms with Crippen molar-refractivity contribution in [2.24, 2.45) is 0 Å². The van der Waals surface area contributed by atoms with E-state index in [-0.39, 0.29) is 6.61 Å². The third kappa shape index (κ3) is 1.35. The summed E-state index contributed by atoms with van der Waals surface area (Å²) in [7, 11) is 0. The van der Waals surface area contributed by atoms with E-state index in [9.17, 15) is 0 Å². The smallest absolute Gasteiger partial charge is 0.0847 e. The quantitative estimate of drug-likeness (QED) is 0.594. The summed E-state index contributed by atoms with van der Waals surface area (Å²) in [6, 6.07) is 2.31. The standard InChI is InChI=1S/C8H13N3O/c12-5-6-4-8(11-10-6)7-2-1-3-9-7/h4,7,9,12H,1-3,5H2,(H,10,11)/t7-/m0/s1. The van der Waals surface area contributed by atoms with E-state index >= 15 is 0 Å². The van der Waals surface area contributed by atoms with Crippen LogP contribution in [0, 0.1) is 0 Å². The molecule has 0 unspecified atom stereocenters. The predicted octanol–water partition coefficient (Wildman–Crippen LogP) is 0.326. The number of hydrogen-bond acceptors (Lipinski definition) is 3. The van der Waals surface area contributed by atoms with Gasteiger partial charge in [0.15, 0.2) is 0 Å². The molecule has 12 heavy (non-hydrogen) atoms. The lowest BCUT2D eigenvalue weighted by atomic mass is 10.1. The Labute approximate surface area is 71.0 Å². The molecule has 1 aromatic heterocycles. The van der Waals surface area contributed by atoms with Crippen LogP contribution in [0.5, 0.6) is 0 Å². The van der Waals surface area contributed by atoms with Gasteiger partial charge in [-0.3, -0.25) is 5.10 Å². The third-order valence-electron chi connectivity index (χ3n) is 2.24. The van der Waals surface area contributed by atoms with Crippen LogP contribution in [0.15, 0.2) is 6.07 Å². The van der Waals surface area contributed by atoms with Gasteiger partial charge in [-0.25, -0.2) is 0 Å². The topological polar surface area (TPSA) is 60.9 Å². The SMILES string of the molecule is OCc1cc([C@@H]2CCCN2)n[nH]1. The van der Waals surface area contributed by atoms with Gasteiger partial charge < -0.3 is 10.4 Å². The lowest BCUT2D eigenvalue weighted by molar-refractivity contribution is 0.276. The molecule has 1 aliphatic heterocycles. The van der Waals surface area contributed by atoms with Crippen LogP contribution in [-0.2, 0) is 6.61 Å². The fourth-order valence-electron chi connectivity index (χ4n) is 1.58. The number of H-pyrrole nitrogens is 1. The Kier molecular flexibility index (Phi) is 2.10. The van der Waals surface area contributed by atoms with Gasteiger partial charge in [-0.15, -0.1) is 0 Å². The van der Waals surface area contributed by atoms with Crippen molar-refractivity contribution in [2.45, 2.75) is 25.5 Å². The molecule has 0 aliphatic carbocycles. The Bertz CT molecular complexity index is 253. The van der Waals surface area contributed by atoms with Crippen LogP contribution in [0.25, 0.3) is 0 Å². The highest BCUT2D eigenvalue weighted by Crippen LogP contribution is 2.21. The Morgan fingerprint density at radius 3 is 3.17 bits per heavy atom. The fraction of sp³-hybridized carbons (Fsp3) is 0.625. The second-order valence-electron chi connectivity index (χ2n) is 3.13. The molecule has 2 heterocycles. The first kappa shape index (κ1) is 7.76. The zero-order valence-electron chi connectivity index (χ0n) is 6.88. The van der Waals surface area contributed by atoms with Gasteiger partial charge in [0.25, 0.3) is 0 Å². The van der Waals surface area contributed by atoms with Crippen molar-refractivity contribution in [3.05, 3.63) is 17.5 Å². The number of aromatic amines is 1. The number of nitrogens with zero attached hydrogens (tertiary/aromatic N) is 1. The Morgan fingerprint density at radius 1 is 1.67 bits per heavy atom. The molecule has 2 rings (SSSR count).